The highest BCUT2D eigenvalue weighted by Crippen LogP contribution is 2.35. The quantitative estimate of drug-likeness (QED) is 0.571. The Morgan fingerprint density at radius 3 is 1.95 bits per heavy atom. The van der Waals surface area contributed by atoms with Gasteiger partial charge in [0.1, 0.15) is 0 Å². The Kier molecular flexibility index (Phi) is 4.78. The second-order valence-corrected chi connectivity index (χ2v) is 6.13. The van der Waals surface area contributed by atoms with E-state index in [1.165, 1.54) is 5.56 Å². The van der Waals surface area contributed by atoms with E-state index in [0.29, 0.717) is 16.0 Å². The number of hydrogen-bond acceptors (Lipinski definition) is 0. The first-order chi connectivity index (χ1) is 8.99. The van der Waals surface area contributed by atoms with Gasteiger partial charge in [0.05, 0.1) is 5.38 Å². The van der Waals surface area contributed by atoms with Crippen LogP contribution in [0.15, 0.2) is 42.5 Å². The van der Waals surface area contributed by atoms with Crippen molar-refractivity contribution in [2.24, 2.45) is 0 Å². The maximum atomic E-state index is 6.49. The summed E-state index contributed by atoms with van der Waals surface area (Å²) in [6, 6.07) is 13.7. The van der Waals surface area contributed by atoms with Crippen molar-refractivity contribution in [3.05, 3.63) is 69.2 Å². The first-order valence-corrected chi connectivity index (χ1v) is 7.37. The van der Waals surface area contributed by atoms with Gasteiger partial charge in [-0.15, -0.1) is 11.6 Å². The summed E-state index contributed by atoms with van der Waals surface area (Å²) in [5.41, 5.74) is 3.22. The van der Waals surface area contributed by atoms with Crippen molar-refractivity contribution >= 4 is 34.8 Å². The van der Waals surface area contributed by atoms with Gasteiger partial charge in [-0.25, -0.2) is 0 Å². The summed E-state index contributed by atoms with van der Waals surface area (Å²) in [5.74, 6) is 0.516. The van der Waals surface area contributed by atoms with E-state index in [2.05, 4.69) is 38.1 Å². The van der Waals surface area contributed by atoms with Crippen LogP contribution in [0.1, 0.15) is 41.8 Å². The van der Waals surface area contributed by atoms with Gasteiger partial charge in [-0.1, -0.05) is 67.4 Å². The predicted octanol–water partition coefficient (Wildman–Crippen LogP) is 6.45. The summed E-state index contributed by atoms with van der Waals surface area (Å²) in [6.45, 7) is 4.34. The van der Waals surface area contributed by atoms with Crippen LogP contribution in [0, 0.1) is 0 Å². The summed E-state index contributed by atoms with van der Waals surface area (Å²) in [4.78, 5) is 0. The average molecular weight is 314 g/mol. The Morgan fingerprint density at radius 1 is 0.842 bits per heavy atom. The molecule has 0 aliphatic rings. The molecule has 0 nitrogen and oxygen atoms in total. The molecule has 0 aromatic heterocycles. The first kappa shape index (κ1) is 14.7. The van der Waals surface area contributed by atoms with Crippen molar-refractivity contribution < 1.29 is 0 Å². The fourth-order valence-corrected chi connectivity index (χ4v) is 2.85. The number of rotatable bonds is 3. The minimum absolute atomic E-state index is 0.258. The van der Waals surface area contributed by atoms with Crippen molar-refractivity contribution in [2.45, 2.75) is 25.1 Å². The molecule has 100 valence electrons. The normalized spacial score (nSPS) is 12.7. The van der Waals surface area contributed by atoms with Crippen molar-refractivity contribution in [3.63, 3.8) is 0 Å². The summed E-state index contributed by atoms with van der Waals surface area (Å²) >= 11 is 18.6. The van der Waals surface area contributed by atoms with E-state index in [-0.39, 0.29) is 5.38 Å². The van der Waals surface area contributed by atoms with Gasteiger partial charge in [0, 0.05) is 10.0 Å². The van der Waals surface area contributed by atoms with Crippen LogP contribution < -0.4 is 0 Å². The maximum Gasteiger partial charge on any atom is 0.0849 e. The highest BCUT2D eigenvalue weighted by molar-refractivity contribution is 6.36. The van der Waals surface area contributed by atoms with Gasteiger partial charge in [-0.3, -0.25) is 0 Å². The van der Waals surface area contributed by atoms with Gasteiger partial charge in [-0.2, -0.15) is 0 Å². The van der Waals surface area contributed by atoms with E-state index < -0.39 is 0 Å². The minimum atomic E-state index is -0.258. The molecule has 0 heterocycles. The third kappa shape index (κ3) is 3.45. The number of benzene rings is 2. The van der Waals surface area contributed by atoms with Crippen LogP contribution in [-0.4, -0.2) is 0 Å². The van der Waals surface area contributed by atoms with Crippen LogP contribution in [0.4, 0.5) is 0 Å². The molecule has 0 saturated carbocycles. The molecule has 0 aliphatic heterocycles. The largest absolute Gasteiger partial charge is 0.113 e. The molecule has 0 radical (unpaired) electrons. The van der Waals surface area contributed by atoms with Crippen LogP contribution in [0.3, 0.4) is 0 Å². The van der Waals surface area contributed by atoms with Gasteiger partial charge in [0.2, 0.25) is 0 Å². The predicted molar refractivity (Wildman–Crippen MR) is 84.7 cm³/mol. The fraction of sp³-hybridized carbons (Fsp3) is 0.250. The van der Waals surface area contributed by atoms with Crippen molar-refractivity contribution in [1.29, 1.82) is 0 Å². The molecule has 1 unspecified atom stereocenters. The second kappa shape index (κ2) is 6.17. The molecule has 3 heteroatoms. The van der Waals surface area contributed by atoms with Gasteiger partial charge in [0.25, 0.3) is 0 Å². The molecule has 0 amide bonds. The maximum absolute atomic E-state index is 6.49. The molecule has 0 aliphatic carbocycles. The lowest BCUT2D eigenvalue weighted by molar-refractivity contribution is 0.865. The van der Waals surface area contributed by atoms with Crippen molar-refractivity contribution in [3.8, 4) is 0 Å². The van der Waals surface area contributed by atoms with E-state index in [9.17, 15) is 0 Å². The molecule has 0 fully saturated rings. The molecule has 2 rings (SSSR count). The van der Waals surface area contributed by atoms with Crippen LogP contribution in [0.5, 0.6) is 0 Å². The lowest BCUT2D eigenvalue weighted by atomic mass is 9.98. The van der Waals surface area contributed by atoms with Gasteiger partial charge < -0.3 is 0 Å². The molecule has 2 aromatic rings. The molecule has 19 heavy (non-hydrogen) atoms. The lowest BCUT2D eigenvalue weighted by Crippen LogP contribution is -1.95. The molecule has 0 spiro atoms. The zero-order valence-corrected chi connectivity index (χ0v) is 13.1. The summed E-state index contributed by atoms with van der Waals surface area (Å²) in [5, 5.41) is 0.958. The summed E-state index contributed by atoms with van der Waals surface area (Å²) in [6.07, 6.45) is 0. The van der Waals surface area contributed by atoms with Crippen LogP contribution >= 0.6 is 34.8 Å². The highest BCUT2D eigenvalue weighted by atomic mass is 35.5. The Bertz CT molecular complexity index is 559. The number of hydrogen-bond donors (Lipinski definition) is 0. The molecule has 1 atom stereocenters. The Balaban J connectivity index is 2.30. The van der Waals surface area contributed by atoms with Crippen molar-refractivity contribution in [1.82, 2.24) is 0 Å². The third-order valence-corrected chi connectivity index (χ3v) is 4.18. The zero-order chi connectivity index (χ0) is 14.0. The van der Waals surface area contributed by atoms with Crippen LogP contribution in [0.25, 0.3) is 0 Å². The Morgan fingerprint density at radius 2 is 1.42 bits per heavy atom. The van der Waals surface area contributed by atoms with Gasteiger partial charge >= 0.3 is 0 Å². The minimum Gasteiger partial charge on any atom is -0.113 e. The van der Waals surface area contributed by atoms with E-state index in [0.717, 1.165) is 11.1 Å². The third-order valence-electron chi connectivity index (χ3n) is 3.13. The fourth-order valence-electron chi connectivity index (χ4n) is 1.94. The number of halogens is 3. The molecular formula is C16H15Cl3. The number of alkyl halides is 1. The molecule has 0 N–H and O–H groups in total. The monoisotopic (exact) mass is 312 g/mol. The highest BCUT2D eigenvalue weighted by Gasteiger charge is 2.14. The van der Waals surface area contributed by atoms with E-state index >= 15 is 0 Å². The van der Waals surface area contributed by atoms with E-state index in [1.807, 2.05) is 6.07 Å². The van der Waals surface area contributed by atoms with E-state index in [4.69, 9.17) is 34.8 Å². The van der Waals surface area contributed by atoms with Gasteiger partial charge in [-0.05, 0) is 34.7 Å². The second-order valence-electron chi connectivity index (χ2n) is 4.85. The standard InChI is InChI=1S/C16H15Cl3/c1-10(2)11-3-5-12(6-4-11)16(19)14-8-7-13(17)9-15(14)18/h3-10,16H,1-2H3. The molecule has 0 saturated heterocycles. The van der Waals surface area contributed by atoms with Gasteiger partial charge in [0.15, 0.2) is 0 Å². The molecular weight excluding hydrogens is 299 g/mol. The summed E-state index contributed by atoms with van der Waals surface area (Å²) in [7, 11) is 0. The smallest absolute Gasteiger partial charge is 0.0849 e. The molecule has 2 aromatic carbocycles. The topological polar surface area (TPSA) is 0 Å². The van der Waals surface area contributed by atoms with Crippen LogP contribution in [0.2, 0.25) is 10.0 Å². The lowest BCUT2D eigenvalue weighted by Gasteiger charge is -2.14. The first-order valence-electron chi connectivity index (χ1n) is 6.18. The SMILES string of the molecule is CC(C)c1ccc(C(Cl)c2ccc(Cl)cc2Cl)cc1. The zero-order valence-electron chi connectivity index (χ0n) is 10.8. The average Bonchev–Trinajstić information content (AvgIpc) is 2.38. The van der Waals surface area contributed by atoms with Crippen molar-refractivity contribution in [2.75, 3.05) is 0 Å². The Hall–Kier alpha value is -0.690. The summed E-state index contributed by atoms with van der Waals surface area (Å²) < 4.78 is 0. The van der Waals surface area contributed by atoms with E-state index in [1.54, 1.807) is 12.1 Å². The molecule has 0 bridgehead atoms. The van der Waals surface area contributed by atoms with Crippen LogP contribution in [-0.2, 0) is 0 Å². The Labute approximate surface area is 129 Å².